The van der Waals surface area contributed by atoms with Crippen molar-refractivity contribution in [3.8, 4) is 33.4 Å². The first kappa shape index (κ1) is 21.0. The van der Waals surface area contributed by atoms with Gasteiger partial charge in [0.1, 0.15) is 0 Å². The van der Waals surface area contributed by atoms with E-state index in [1.165, 1.54) is 77.2 Å². The summed E-state index contributed by atoms with van der Waals surface area (Å²) < 4.78 is 0. The maximum atomic E-state index is 2.43. The minimum absolute atomic E-state index is 0.349. The van der Waals surface area contributed by atoms with Gasteiger partial charge in [-0.05, 0) is 89.3 Å². The van der Waals surface area contributed by atoms with Gasteiger partial charge in [-0.1, -0.05) is 133 Å². The first-order valence-corrected chi connectivity index (χ1v) is 13.7. The van der Waals surface area contributed by atoms with Crippen LogP contribution in [0.5, 0.6) is 0 Å². The molecule has 1 unspecified atom stereocenters. The van der Waals surface area contributed by atoms with Gasteiger partial charge in [0, 0.05) is 0 Å². The monoisotopic (exact) mass is 492 g/mol. The number of rotatable bonds is 1. The molecule has 0 N–H and O–H groups in total. The van der Waals surface area contributed by atoms with Gasteiger partial charge in [0.05, 0.1) is 5.41 Å². The molecule has 0 aliphatic heterocycles. The van der Waals surface area contributed by atoms with Gasteiger partial charge in [-0.2, -0.15) is 0 Å². The lowest BCUT2D eigenvalue weighted by atomic mass is 9.61. The Hall–Kier alpha value is -4.94. The van der Waals surface area contributed by atoms with Crippen molar-refractivity contribution in [1.82, 2.24) is 0 Å². The van der Waals surface area contributed by atoms with E-state index in [2.05, 4.69) is 146 Å². The topological polar surface area (TPSA) is 0 Å². The Morgan fingerprint density at radius 3 is 1.67 bits per heavy atom. The summed E-state index contributed by atoms with van der Waals surface area (Å²) in [7, 11) is 0. The number of benzene rings is 7. The van der Waals surface area contributed by atoms with Gasteiger partial charge in [-0.3, -0.25) is 0 Å². The van der Waals surface area contributed by atoms with Crippen molar-refractivity contribution in [2.45, 2.75) is 5.41 Å². The predicted octanol–water partition coefficient (Wildman–Crippen LogP) is 10.0. The van der Waals surface area contributed by atoms with Crippen LogP contribution in [0.1, 0.15) is 22.3 Å². The zero-order chi connectivity index (χ0) is 25.6. The van der Waals surface area contributed by atoms with E-state index in [0.717, 1.165) is 0 Å². The molecule has 9 rings (SSSR count). The van der Waals surface area contributed by atoms with Gasteiger partial charge >= 0.3 is 0 Å². The zero-order valence-corrected chi connectivity index (χ0v) is 21.4. The van der Waals surface area contributed by atoms with Crippen LogP contribution in [0.15, 0.2) is 146 Å². The normalized spacial score (nSPS) is 16.3. The smallest absolute Gasteiger partial charge is 0.0619 e. The van der Waals surface area contributed by atoms with Crippen molar-refractivity contribution in [2.75, 3.05) is 0 Å². The molecule has 0 amide bonds. The second-order valence-corrected chi connectivity index (χ2v) is 10.9. The van der Waals surface area contributed by atoms with Crippen molar-refractivity contribution in [3.63, 3.8) is 0 Å². The first-order valence-electron chi connectivity index (χ1n) is 13.7. The van der Waals surface area contributed by atoms with E-state index in [1.807, 2.05) is 0 Å². The Morgan fingerprint density at radius 1 is 0.308 bits per heavy atom. The summed E-state index contributed by atoms with van der Waals surface area (Å²) in [5, 5.41) is 5.23. The lowest BCUT2D eigenvalue weighted by molar-refractivity contribution is 0.773. The molecule has 0 radical (unpaired) electrons. The fourth-order valence-corrected chi connectivity index (χ4v) is 7.48. The van der Waals surface area contributed by atoms with Crippen LogP contribution in [-0.2, 0) is 5.41 Å². The lowest BCUT2D eigenvalue weighted by Gasteiger charge is -2.40. The first-order chi connectivity index (χ1) is 19.3. The van der Waals surface area contributed by atoms with Crippen LogP contribution < -0.4 is 0 Å². The average Bonchev–Trinajstić information content (AvgIpc) is 3.30. The molecule has 0 saturated heterocycles. The Labute approximate surface area is 227 Å². The molecule has 0 nitrogen and oxygen atoms in total. The molecule has 0 fully saturated rings. The van der Waals surface area contributed by atoms with Gasteiger partial charge in [-0.15, -0.1) is 0 Å². The highest BCUT2D eigenvalue weighted by Gasteiger charge is 2.49. The van der Waals surface area contributed by atoms with Crippen LogP contribution in [0, 0.1) is 0 Å². The molecule has 1 atom stereocenters. The van der Waals surface area contributed by atoms with E-state index in [1.54, 1.807) is 0 Å². The molecule has 0 bridgehead atoms. The molecule has 2 aliphatic rings. The molecule has 2 aliphatic carbocycles. The number of fused-ring (bicyclic) bond motifs is 10. The third kappa shape index (κ3) is 2.63. The summed E-state index contributed by atoms with van der Waals surface area (Å²) in [5.41, 5.74) is 13.0. The van der Waals surface area contributed by atoms with Crippen LogP contribution in [0.3, 0.4) is 0 Å². The minimum atomic E-state index is -0.349. The second kappa shape index (κ2) is 7.56. The fraction of sp³-hybridized carbons (Fsp3) is 0.0256. The molecule has 0 aromatic heterocycles. The minimum Gasteiger partial charge on any atom is -0.0619 e. The maximum absolute atomic E-state index is 2.43. The van der Waals surface area contributed by atoms with E-state index in [9.17, 15) is 0 Å². The van der Waals surface area contributed by atoms with E-state index in [4.69, 9.17) is 0 Å². The summed E-state index contributed by atoms with van der Waals surface area (Å²) >= 11 is 0. The van der Waals surface area contributed by atoms with Crippen LogP contribution in [0.25, 0.3) is 54.9 Å². The Morgan fingerprint density at radius 2 is 0.846 bits per heavy atom. The highest BCUT2D eigenvalue weighted by atomic mass is 14.5. The summed E-state index contributed by atoms with van der Waals surface area (Å²) in [6, 6.07) is 54.3. The molecular weight excluding hydrogens is 468 g/mol. The van der Waals surface area contributed by atoms with Crippen molar-refractivity contribution in [1.29, 1.82) is 0 Å². The van der Waals surface area contributed by atoms with Crippen LogP contribution >= 0.6 is 0 Å². The summed E-state index contributed by atoms with van der Waals surface area (Å²) in [6.07, 6.45) is 0. The molecule has 180 valence electrons. The van der Waals surface area contributed by atoms with Crippen LogP contribution in [0.2, 0.25) is 0 Å². The molecule has 0 saturated carbocycles. The lowest BCUT2D eigenvalue weighted by Crippen LogP contribution is -2.31. The third-order valence-corrected chi connectivity index (χ3v) is 9.06. The quantitative estimate of drug-likeness (QED) is 0.214. The van der Waals surface area contributed by atoms with E-state index < -0.39 is 0 Å². The van der Waals surface area contributed by atoms with Crippen molar-refractivity contribution < 1.29 is 0 Å². The molecule has 0 heterocycles. The Kier molecular flexibility index (Phi) is 4.08. The molecule has 7 aromatic rings. The van der Waals surface area contributed by atoms with E-state index in [0.29, 0.717) is 0 Å². The molecular formula is C39H24. The summed E-state index contributed by atoms with van der Waals surface area (Å²) in [4.78, 5) is 0. The highest BCUT2D eigenvalue weighted by molar-refractivity contribution is 6.07. The standard InChI is InChI=1S/C39H24/c1-2-10-27-23-28(20-19-25(27)9-1)29-21-22-36-33(24-29)31-14-4-6-17-35(31)39(36)34-16-5-3-13-30(34)32-15-7-11-26-12-8-18-37(39)38(26)32/h1-24H. The van der Waals surface area contributed by atoms with Crippen molar-refractivity contribution in [2.24, 2.45) is 0 Å². The molecule has 7 aromatic carbocycles. The SMILES string of the molecule is c1ccc2c(c1)-c1cc(-c3ccc4ccccc4c3)ccc1C21c2ccccc2-c2cccc3cccc1c23. The largest absolute Gasteiger partial charge is 0.0725 e. The highest BCUT2D eigenvalue weighted by Crippen LogP contribution is 2.61. The van der Waals surface area contributed by atoms with Crippen LogP contribution in [-0.4, -0.2) is 0 Å². The van der Waals surface area contributed by atoms with Gasteiger partial charge in [0.2, 0.25) is 0 Å². The average molecular weight is 493 g/mol. The fourth-order valence-electron chi connectivity index (χ4n) is 7.48. The summed E-state index contributed by atoms with van der Waals surface area (Å²) in [5.74, 6) is 0. The van der Waals surface area contributed by atoms with E-state index in [-0.39, 0.29) is 5.41 Å². The number of hydrogen-bond acceptors (Lipinski definition) is 0. The van der Waals surface area contributed by atoms with Gasteiger partial charge < -0.3 is 0 Å². The third-order valence-electron chi connectivity index (χ3n) is 9.06. The van der Waals surface area contributed by atoms with Gasteiger partial charge in [0.25, 0.3) is 0 Å². The van der Waals surface area contributed by atoms with Gasteiger partial charge in [0.15, 0.2) is 0 Å². The van der Waals surface area contributed by atoms with Crippen molar-refractivity contribution >= 4 is 21.5 Å². The van der Waals surface area contributed by atoms with E-state index >= 15 is 0 Å². The predicted molar refractivity (Wildman–Crippen MR) is 163 cm³/mol. The molecule has 0 heteroatoms. The molecule has 39 heavy (non-hydrogen) atoms. The molecule has 1 spiro atoms. The Bertz CT molecular complexity index is 2120. The Balaban J connectivity index is 1.39. The van der Waals surface area contributed by atoms with Crippen LogP contribution in [0.4, 0.5) is 0 Å². The second-order valence-electron chi connectivity index (χ2n) is 10.9. The maximum Gasteiger partial charge on any atom is 0.0725 e. The summed E-state index contributed by atoms with van der Waals surface area (Å²) in [6.45, 7) is 0. The van der Waals surface area contributed by atoms with Crippen molar-refractivity contribution in [3.05, 3.63) is 168 Å². The number of hydrogen-bond donors (Lipinski definition) is 0. The van der Waals surface area contributed by atoms with Gasteiger partial charge in [-0.25, -0.2) is 0 Å². The zero-order valence-electron chi connectivity index (χ0n) is 21.4.